The van der Waals surface area contributed by atoms with Gasteiger partial charge in [-0.3, -0.25) is 4.79 Å². The van der Waals surface area contributed by atoms with Gasteiger partial charge in [-0.25, -0.2) is 0 Å². The second-order valence-corrected chi connectivity index (χ2v) is 6.02. The molecule has 1 aromatic carbocycles. The van der Waals surface area contributed by atoms with Gasteiger partial charge in [-0.2, -0.15) is 0 Å². The van der Waals surface area contributed by atoms with E-state index in [1.165, 1.54) is 12.8 Å². The Morgan fingerprint density at radius 3 is 2.50 bits per heavy atom. The molecule has 2 rings (SSSR count). The molecule has 1 amide bonds. The Kier molecular flexibility index (Phi) is 4.69. The largest absolute Gasteiger partial charge is 0.496 e. The highest BCUT2D eigenvalue weighted by atomic mass is 16.5. The predicted molar refractivity (Wildman–Crippen MR) is 81.5 cm³/mol. The van der Waals surface area contributed by atoms with Crippen LogP contribution in [0.3, 0.4) is 0 Å². The minimum atomic E-state index is 0.0546. The number of aryl methyl sites for hydroxylation is 1. The zero-order chi connectivity index (χ0) is 14.7. The average molecular weight is 275 g/mol. The van der Waals surface area contributed by atoms with Gasteiger partial charge in [0.25, 0.3) is 5.91 Å². The number of carbonyl (C=O) groups is 1. The van der Waals surface area contributed by atoms with E-state index in [9.17, 15) is 4.79 Å². The zero-order valence-corrected chi connectivity index (χ0v) is 13.0. The molecule has 1 aliphatic carbocycles. The summed E-state index contributed by atoms with van der Waals surface area (Å²) in [5.41, 5.74) is 2.85. The highest BCUT2D eigenvalue weighted by Crippen LogP contribution is 2.30. The number of amides is 1. The van der Waals surface area contributed by atoms with Gasteiger partial charge < -0.3 is 10.1 Å². The van der Waals surface area contributed by atoms with Crippen LogP contribution < -0.4 is 10.1 Å². The topological polar surface area (TPSA) is 38.3 Å². The summed E-state index contributed by atoms with van der Waals surface area (Å²) in [5.74, 6) is 1.26. The summed E-state index contributed by atoms with van der Waals surface area (Å²) < 4.78 is 5.42. The normalized spacial score (nSPS) is 15.7. The number of methoxy groups -OCH3 is 1. The van der Waals surface area contributed by atoms with Crippen LogP contribution in [0.4, 0.5) is 0 Å². The first-order valence-corrected chi connectivity index (χ1v) is 7.52. The van der Waals surface area contributed by atoms with Crippen LogP contribution in [0.25, 0.3) is 0 Å². The summed E-state index contributed by atoms with van der Waals surface area (Å²) in [4.78, 5) is 12.4. The van der Waals surface area contributed by atoms with E-state index in [0.717, 1.165) is 35.3 Å². The maximum atomic E-state index is 12.4. The predicted octanol–water partition coefficient (Wildman–Crippen LogP) is 3.80. The number of ether oxygens (including phenoxy) is 1. The van der Waals surface area contributed by atoms with Crippen LogP contribution in [0.2, 0.25) is 0 Å². The second kappa shape index (κ2) is 6.29. The van der Waals surface area contributed by atoms with Crippen LogP contribution in [0, 0.1) is 6.92 Å². The van der Waals surface area contributed by atoms with Crippen molar-refractivity contribution in [2.75, 3.05) is 7.11 Å². The van der Waals surface area contributed by atoms with E-state index < -0.39 is 0 Å². The molecule has 0 unspecified atom stereocenters. The average Bonchev–Trinajstić information content (AvgIpc) is 2.90. The molecule has 0 aromatic heterocycles. The fourth-order valence-corrected chi connectivity index (χ4v) is 2.90. The minimum absolute atomic E-state index is 0.0546. The van der Waals surface area contributed by atoms with Crippen molar-refractivity contribution in [1.29, 1.82) is 0 Å². The smallest absolute Gasteiger partial charge is 0.251 e. The van der Waals surface area contributed by atoms with E-state index in [2.05, 4.69) is 19.2 Å². The van der Waals surface area contributed by atoms with Crippen molar-refractivity contribution < 1.29 is 9.53 Å². The summed E-state index contributed by atoms with van der Waals surface area (Å²) in [6, 6.07) is 4.31. The molecule has 0 heterocycles. The van der Waals surface area contributed by atoms with Crippen LogP contribution in [0.1, 0.15) is 66.9 Å². The van der Waals surface area contributed by atoms with Gasteiger partial charge in [0.2, 0.25) is 0 Å². The van der Waals surface area contributed by atoms with E-state index in [-0.39, 0.29) is 5.91 Å². The zero-order valence-electron chi connectivity index (χ0n) is 13.0. The Morgan fingerprint density at radius 1 is 1.30 bits per heavy atom. The van der Waals surface area contributed by atoms with Crippen LogP contribution in [-0.4, -0.2) is 19.1 Å². The number of benzene rings is 1. The van der Waals surface area contributed by atoms with Gasteiger partial charge in [-0.05, 0) is 48.9 Å². The molecular weight excluding hydrogens is 250 g/mol. The van der Waals surface area contributed by atoms with Gasteiger partial charge in [-0.15, -0.1) is 0 Å². The maximum absolute atomic E-state index is 12.4. The Balaban J connectivity index is 2.25. The van der Waals surface area contributed by atoms with Gasteiger partial charge >= 0.3 is 0 Å². The van der Waals surface area contributed by atoms with Crippen LogP contribution in [-0.2, 0) is 0 Å². The molecule has 0 bridgehead atoms. The third-order valence-electron chi connectivity index (χ3n) is 4.13. The number of carbonyl (C=O) groups excluding carboxylic acids is 1. The Bertz CT molecular complexity index is 488. The maximum Gasteiger partial charge on any atom is 0.251 e. The first kappa shape index (κ1) is 14.9. The van der Waals surface area contributed by atoms with E-state index in [1.54, 1.807) is 7.11 Å². The highest BCUT2D eigenvalue weighted by Gasteiger charge is 2.20. The van der Waals surface area contributed by atoms with Crippen molar-refractivity contribution in [3.05, 3.63) is 28.8 Å². The fraction of sp³-hybridized carbons (Fsp3) is 0.588. The Morgan fingerprint density at radius 2 is 1.95 bits per heavy atom. The van der Waals surface area contributed by atoms with Crippen LogP contribution in [0.5, 0.6) is 5.75 Å². The molecule has 20 heavy (non-hydrogen) atoms. The standard InChI is InChI=1S/C17H25NO2/c1-11(2)14-10-15(12(3)9-16(14)20-4)17(19)18-13-7-5-6-8-13/h9-11,13H,5-8H2,1-4H3,(H,18,19). The summed E-state index contributed by atoms with van der Waals surface area (Å²) in [7, 11) is 1.68. The Labute approximate surface area is 121 Å². The lowest BCUT2D eigenvalue weighted by molar-refractivity contribution is 0.0937. The number of hydrogen-bond acceptors (Lipinski definition) is 2. The van der Waals surface area contributed by atoms with Crippen molar-refractivity contribution >= 4 is 5.91 Å². The monoisotopic (exact) mass is 275 g/mol. The first-order valence-electron chi connectivity index (χ1n) is 7.52. The molecular formula is C17H25NO2. The number of hydrogen-bond donors (Lipinski definition) is 1. The first-order chi connectivity index (χ1) is 9.52. The van der Waals surface area contributed by atoms with Crippen molar-refractivity contribution in [3.63, 3.8) is 0 Å². The summed E-state index contributed by atoms with van der Waals surface area (Å²) in [6.07, 6.45) is 4.67. The summed E-state index contributed by atoms with van der Waals surface area (Å²) in [6.45, 7) is 6.20. The summed E-state index contributed by atoms with van der Waals surface area (Å²) in [5, 5.41) is 3.16. The third kappa shape index (κ3) is 3.14. The third-order valence-corrected chi connectivity index (χ3v) is 4.13. The molecule has 1 fully saturated rings. The van der Waals surface area contributed by atoms with Gasteiger partial charge in [0, 0.05) is 11.6 Å². The molecule has 110 valence electrons. The summed E-state index contributed by atoms with van der Waals surface area (Å²) >= 11 is 0. The fourth-order valence-electron chi connectivity index (χ4n) is 2.90. The second-order valence-electron chi connectivity index (χ2n) is 6.02. The lowest BCUT2D eigenvalue weighted by Crippen LogP contribution is -2.33. The minimum Gasteiger partial charge on any atom is -0.496 e. The molecule has 3 heteroatoms. The lowest BCUT2D eigenvalue weighted by Gasteiger charge is -2.17. The molecule has 0 spiro atoms. The van der Waals surface area contributed by atoms with Gasteiger partial charge in [-0.1, -0.05) is 26.7 Å². The Hall–Kier alpha value is -1.51. The van der Waals surface area contributed by atoms with Crippen molar-refractivity contribution in [2.24, 2.45) is 0 Å². The van der Waals surface area contributed by atoms with Crippen molar-refractivity contribution in [3.8, 4) is 5.75 Å². The molecule has 0 saturated heterocycles. The van der Waals surface area contributed by atoms with Crippen molar-refractivity contribution in [1.82, 2.24) is 5.32 Å². The molecule has 1 aromatic rings. The molecule has 0 radical (unpaired) electrons. The molecule has 1 aliphatic rings. The van der Waals surface area contributed by atoms with Gasteiger partial charge in [0.15, 0.2) is 0 Å². The van der Waals surface area contributed by atoms with E-state index >= 15 is 0 Å². The molecule has 0 atom stereocenters. The number of rotatable bonds is 4. The van der Waals surface area contributed by atoms with Gasteiger partial charge in [0.1, 0.15) is 5.75 Å². The van der Waals surface area contributed by atoms with Crippen molar-refractivity contribution in [2.45, 2.75) is 58.4 Å². The van der Waals surface area contributed by atoms with E-state index in [4.69, 9.17) is 4.74 Å². The van der Waals surface area contributed by atoms with Crippen LogP contribution in [0.15, 0.2) is 12.1 Å². The van der Waals surface area contributed by atoms with Gasteiger partial charge in [0.05, 0.1) is 7.11 Å². The molecule has 1 saturated carbocycles. The van der Waals surface area contributed by atoms with E-state index in [0.29, 0.717) is 12.0 Å². The molecule has 0 aliphatic heterocycles. The van der Waals surface area contributed by atoms with E-state index in [1.807, 2.05) is 19.1 Å². The lowest BCUT2D eigenvalue weighted by atomic mass is 9.96. The molecule has 1 N–H and O–H groups in total. The van der Waals surface area contributed by atoms with Crippen LogP contribution >= 0.6 is 0 Å². The number of nitrogens with one attached hydrogen (secondary N) is 1. The highest BCUT2D eigenvalue weighted by molar-refractivity contribution is 5.96. The quantitative estimate of drug-likeness (QED) is 0.907. The SMILES string of the molecule is COc1cc(C)c(C(=O)NC2CCCC2)cc1C(C)C. The molecule has 3 nitrogen and oxygen atoms in total.